The molecule has 0 unspecified atom stereocenters. The highest BCUT2D eigenvalue weighted by molar-refractivity contribution is 9.10. The summed E-state index contributed by atoms with van der Waals surface area (Å²) in [5.41, 5.74) is 1.03. The number of pyridine rings is 1. The van der Waals surface area contributed by atoms with Crippen molar-refractivity contribution in [3.8, 4) is 0 Å². The summed E-state index contributed by atoms with van der Waals surface area (Å²) in [6.07, 6.45) is 0. The van der Waals surface area contributed by atoms with Crippen LogP contribution >= 0.6 is 15.9 Å². The molecule has 1 aromatic rings. The quantitative estimate of drug-likeness (QED) is 0.662. The fourth-order valence-corrected chi connectivity index (χ4v) is 1.32. The van der Waals surface area contributed by atoms with E-state index < -0.39 is 0 Å². The van der Waals surface area contributed by atoms with Gasteiger partial charge in [0.25, 0.3) is 0 Å². The first-order valence-corrected chi connectivity index (χ1v) is 5.93. The van der Waals surface area contributed by atoms with Crippen molar-refractivity contribution < 1.29 is 4.74 Å². The maximum atomic E-state index is 4.91. The van der Waals surface area contributed by atoms with Crippen LogP contribution in [0, 0.1) is 0 Å². The predicted molar refractivity (Wildman–Crippen MR) is 66.9 cm³/mol. The van der Waals surface area contributed by atoms with Crippen LogP contribution in [0.4, 0.5) is 0 Å². The lowest BCUT2D eigenvalue weighted by molar-refractivity contribution is 0.199. The van der Waals surface area contributed by atoms with E-state index in [9.17, 15) is 0 Å². The van der Waals surface area contributed by atoms with Gasteiger partial charge in [0.2, 0.25) is 0 Å². The van der Waals surface area contributed by atoms with Crippen molar-refractivity contribution in [3.05, 3.63) is 28.5 Å². The van der Waals surface area contributed by atoms with E-state index in [2.05, 4.69) is 26.2 Å². The Hall–Kier alpha value is -0.450. The number of halogens is 1. The van der Waals surface area contributed by atoms with E-state index in [1.54, 1.807) is 7.11 Å². The summed E-state index contributed by atoms with van der Waals surface area (Å²) in [4.78, 5) is 4.28. The van der Waals surface area contributed by atoms with Crippen molar-refractivity contribution in [3.63, 3.8) is 0 Å². The zero-order valence-corrected chi connectivity index (χ0v) is 11.2. The molecule has 0 aliphatic carbocycles. The van der Waals surface area contributed by atoms with Crippen molar-refractivity contribution in [1.29, 1.82) is 0 Å². The molecule has 1 N–H and O–H groups in total. The van der Waals surface area contributed by atoms with Crippen molar-refractivity contribution in [2.75, 3.05) is 20.3 Å². The highest BCUT2D eigenvalue weighted by Gasteiger charge is 1.94. The van der Waals surface area contributed by atoms with Crippen LogP contribution in [0.5, 0.6) is 0 Å². The standard InChI is InChI=1S/C9H13BrN2O.C2H6/c1-13-6-5-11-7-8-3-2-4-9(10)12-8;1-2/h2-4,11H,5-7H2,1H3;1-2H3. The number of nitrogens with one attached hydrogen (secondary N) is 1. The Balaban J connectivity index is 0.000000921. The molecule has 0 atom stereocenters. The van der Waals surface area contributed by atoms with Gasteiger partial charge in [0.1, 0.15) is 4.60 Å². The smallest absolute Gasteiger partial charge is 0.106 e. The lowest BCUT2D eigenvalue weighted by Crippen LogP contribution is -2.19. The number of methoxy groups -OCH3 is 1. The Kier molecular flexibility index (Phi) is 9.78. The van der Waals surface area contributed by atoms with Crippen LogP contribution in [0.25, 0.3) is 0 Å². The maximum Gasteiger partial charge on any atom is 0.106 e. The molecule has 0 aliphatic heterocycles. The normalized spacial score (nSPS) is 9.33. The molecule has 0 fully saturated rings. The molecule has 1 aromatic heterocycles. The minimum absolute atomic E-state index is 0.730. The third-order valence-corrected chi connectivity index (χ3v) is 2.00. The van der Waals surface area contributed by atoms with Gasteiger partial charge in [0, 0.05) is 20.2 Å². The maximum absolute atomic E-state index is 4.91. The van der Waals surface area contributed by atoms with E-state index >= 15 is 0 Å². The van der Waals surface area contributed by atoms with Crippen LogP contribution in [0.1, 0.15) is 19.5 Å². The third kappa shape index (κ3) is 7.48. The van der Waals surface area contributed by atoms with Crippen LogP contribution in [-0.2, 0) is 11.3 Å². The molecule has 15 heavy (non-hydrogen) atoms. The largest absolute Gasteiger partial charge is 0.383 e. The molecule has 0 radical (unpaired) electrons. The first kappa shape index (κ1) is 14.6. The van der Waals surface area contributed by atoms with Gasteiger partial charge in [-0.2, -0.15) is 0 Å². The Morgan fingerprint density at radius 2 is 2.13 bits per heavy atom. The minimum Gasteiger partial charge on any atom is -0.383 e. The Morgan fingerprint density at radius 3 is 2.73 bits per heavy atom. The molecule has 0 spiro atoms. The van der Waals surface area contributed by atoms with Gasteiger partial charge < -0.3 is 10.1 Å². The lowest BCUT2D eigenvalue weighted by atomic mass is 10.3. The third-order valence-electron chi connectivity index (χ3n) is 1.56. The molecule has 0 aliphatic rings. The van der Waals surface area contributed by atoms with Crippen LogP contribution in [0.15, 0.2) is 22.8 Å². The van der Waals surface area contributed by atoms with Crippen molar-refractivity contribution in [2.24, 2.45) is 0 Å². The molecule has 0 saturated heterocycles. The number of hydrogen-bond acceptors (Lipinski definition) is 3. The SMILES string of the molecule is CC.COCCNCc1cccc(Br)n1. The van der Waals surface area contributed by atoms with Gasteiger partial charge in [-0.3, -0.25) is 0 Å². The van der Waals surface area contributed by atoms with Crippen molar-refractivity contribution in [1.82, 2.24) is 10.3 Å². The molecule has 1 heterocycles. The molecule has 0 saturated carbocycles. The molecule has 86 valence electrons. The number of aromatic nitrogens is 1. The number of nitrogens with zero attached hydrogens (tertiary/aromatic N) is 1. The van der Waals surface area contributed by atoms with E-state index in [0.29, 0.717) is 0 Å². The van der Waals surface area contributed by atoms with Crippen LogP contribution in [-0.4, -0.2) is 25.2 Å². The van der Waals surface area contributed by atoms with Gasteiger partial charge >= 0.3 is 0 Å². The van der Waals surface area contributed by atoms with Crippen LogP contribution < -0.4 is 5.32 Å². The summed E-state index contributed by atoms with van der Waals surface area (Å²) >= 11 is 3.32. The second kappa shape index (κ2) is 10.1. The molecule has 0 amide bonds. The average molecular weight is 275 g/mol. The first-order valence-electron chi connectivity index (χ1n) is 5.14. The predicted octanol–water partition coefficient (Wildman–Crippen LogP) is 2.61. The van der Waals surface area contributed by atoms with Gasteiger partial charge in [-0.25, -0.2) is 4.98 Å². The zero-order valence-electron chi connectivity index (χ0n) is 9.59. The van der Waals surface area contributed by atoms with E-state index in [1.807, 2.05) is 32.0 Å². The van der Waals surface area contributed by atoms with Gasteiger partial charge in [0.15, 0.2) is 0 Å². The lowest BCUT2D eigenvalue weighted by Gasteiger charge is -2.03. The topological polar surface area (TPSA) is 34.1 Å². The Morgan fingerprint density at radius 1 is 1.40 bits per heavy atom. The summed E-state index contributed by atoms with van der Waals surface area (Å²) in [5.74, 6) is 0. The fraction of sp³-hybridized carbons (Fsp3) is 0.545. The number of hydrogen-bond donors (Lipinski definition) is 1. The first-order chi connectivity index (χ1) is 7.33. The summed E-state index contributed by atoms with van der Waals surface area (Å²) in [5, 5.41) is 3.22. The fourth-order valence-electron chi connectivity index (χ4n) is 0.939. The monoisotopic (exact) mass is 274 g/mol. The Bertz CT molecular complexity index is 256. The summed E-state index contributed by atoms with van der Waals surface area (Å²) < 4.78 is 5.78. The van der Waals surface area contributed by atoms with Gasteiger partial charge in [-0.1, -0.05) is 19.9 Å². The van der Waals surface area contributed by atoms with E-state index in [4.69, 9.17) is 4.74 Å². The number of rotatable bonds is 5. The van der Waals surface area contributed by atoms with E-state index in [1.165, 1.54) is 0 Å². The molecule has 3 nitrogen and oxygen atoms in total. The zero-order chi connectivity index (χ0) is 11.5. The average Bonchev–Trinajstić information content (AvgIpc) is 2.27. The van der Waals surface area contributed by atoms with Crippen LogP contribution in [0.2, 0.25) is 0 Å². The van der Waals surface area contributed by atoms with Crippen LogP contribution in [0.3, 0.4) is 0 Å². The van der Waals surface area contributed by atoms with Gasteiger partial charge in [-0.15, -0.1) is 0 Å². The second-order valence-corrected chi connectivity index (χ2v) is 3.43. The minimum atomic E-state index is 0.730. The Labute approximate surface area is 100 Å². The molecule has 0 bridgehead atoms. The highest BCUT2D eigenvalue weighted by Crippen LogP contribution is 2.05. The van der Waals surface area contributed by atoms with E-state index in [-0.39, 0.29) is 0 Å². The molecular weight excluding hydrogens is 256 g/mol. The molecular formula is C11H19BrN2O. The van der Waals surface area contributed by atoms with Gasteiger partial charge in [0.05, 0.1) is 12.3 Å². The molecule has 4 heteroatoms. The number of ether oxygens (including phenoxy) is 1. The highest BCUT2D eigenvalue weighted by atomic mass is 79.9. The molecule has 1 rings (SSSR count). The van der Waals surface area contributed by atoms with Gasteiger partial charge in [-0.05, 0) is 28.1 Å². The summed E-state index contributed by atoms with van der Waals surface area (Å²) in [6, 6.07) is 5.88. The van der Waals surface area contributed by atoms with Crippen molar-refractivity contribution >= 4 is 15.9 Å². The summed E-state index contributed by atoms with van der Waals surface area (Å²) in [7, 11) is 1.69. The summed E-state index contributed by atoms with van der Waals surface area (Å²) in [6.45, 7) is 6.36. The second-order valence-electron chi connectivity index (χ2n) is 2.62. The van der Waals surface area contributed by atoms with E-state index in [0.717, 1.165) is 30.0 Å². The van der Waals surface area contributed by atoms with Crippen molar-refractivity contribution in [2.45, 2.75) is 20.4 Å². The molecule has 0 aromatic carbocycles.